The molecule has 4 rings (SSSR count). The first-order chi connectivity index (χ1) is 11.0. The van der Waals surface area contributed by atoms with Crippen LogP contribution in [0.4, 0.5) is 0 Å². The van der Waals surface area contributed by atoms with Crippen LogP contribution >= 0.6 is 0 Å². The van der Waals surface area contributed by atoms with Gasteiger partial charge in [-0.25, -0.2) is 0 Å². The van der Waals surface area contributed by atoms with Crippen molar-refractivity contribution >= 4 is 0 Å². The lowest BCUT2D eigenvalue weighted by Crippen LogP contribution is -2.18. The number of phenolic OH excluding ortho intramolecular Hbond substituents is 2. The van der Waals surface area contributed by atoms with E-state index in [1.54, 1.807) is 24.3 Å². The van der Waals surface area contributed by atoms with Gasteiger partial charge in [-0.05, 0) is 52.6 Å². The normalized spacial score (nSPS) is 11.4. The van der Waals surface area contributed by atoms with Gasteiger partial charge in [0.15, 0.2) is 0 Å². The van der Waals surface area contributed by atoms with Crippen molar-refractivity contribution < 1.29 is 10.2 Å². The molecule has 0 saturated carbocycles. The topological polar surface area (TPSA) is 40.5 Å². The molecule has 2 nitrogen and oxygen atoms in total. The summed E-state index contributed by atoms with van der Waals surface area (Å²) in [5.74, 6) is 0.547. The highest BCUT2D eigenvalue weighted by Crippen LogP contribution is 2.33. The summed E-state index contributed by atoms with van der Waals surface area (Å²) in [5.41, 5.74) is 4.95. The Morgan fingerprint density at radius 3 is 1.26 bits per heavy atom. The van der Waals surface area contributed by atoms with E-state index in [1.807, 2.05) is 24.3 Å². The number of phenols is 2. The zero-order valence-corrected chi connectivity index (χ0v) is 13.3. The van der Waals surface area contributed by atoms with Crippen molar-refractivity contribution in [3.05, 3.63) is 83.9 Å². The molecule has 0 bridgehead atoms. The van der Waals surface area contributed by atoms with Crippen molar-refractivity contribution in [2.45, 2.75) is 19.3 Å². The second-order valence-electron chi connectivity index (χ2n) is 6.30. The van der Waals surface area contributed by atoms with Gasteiger partial charge in [-0.3, -0.25) is 0 Å². The van der Waals surface area contributed by atoms with E-state index in [0.717, 1.165) is 11.1 Å². The molecule has 2 aromatic carbocycles. The molecular formula is C21H20O2. The number of benzene rings is 3. The highest BCUT2D eigenvalue weighted by atomic mass is 16.3. The van der Waals surface area contributed by atoms with Gasteiger partial charge in [0.2, 0.25) is 0 Å². The van der Waals surface area contributed by atoms with Crippen molar-refractivity contribution in [1.82, 2.24) is 0 Å². The van der Waals surface area contributed by atoms with Gasteiger partial charge in [0.25, 0.3) is 0 Å². The first-order valence-corrected chi connectivity index (χ1v) is 7.66. The summed E-state index contributed by atoms with van der Waals surface area (Å²) in [7, 11) is 0. The molecule has 116 valence electrons. The minimum atomic E-state index is -0.151. The number of rotatable bonds is 2. The Kier molecular flexibility index (Phi) is 3.83. The maximum atomic E-state index is 9.30. The van der Waals surface area contributed by atoms with Crippen molar-refractivity contribution in [3.8, 4) is 22.6 Å². The predicted molar refractivity (Wildman–Crippen MR) is 93.8 cm³/mol. The third-order valence-corrected chi connectivity index (χ3v) is 4.29. The molecule has 0 aliphatic heterocycles. The fourth-order valence-corrected chi connectivity index (χ4v) is 2.60. The lowest BCUT2D eigenvalue weighted by atomic mass is 9.78. The van der Waals surface area contributed by atoms with Gasteiger partial charge in [0.05, 0.1) is 0 Å². The predicted octanol–water partition coefficient (Wildman–Crippen LogP) is 5.09. The van der Waals surface area contributed by atoms with Crippen LogP contribution in [-0.4, -0.2) is 10.2 Å². The second-order valence-corrected chi connectivity index (χ2v) is 6.30. The monoisotopic (exact) mass is 304 g/mol. The standard InChI is InChI=1S/C15H16O2.C6H4/c1-15(2,11-3-7-13(16)8-4-11)12-5-9-14(17)10-6-12;1-2-5-4-6(5)3-1/h3-10,16-17H,1-2H3;1-4H. The van der Waals surface area contributed by atoms with Crippen LogP contribution in [0, 0.1) is 0 Å². The highest BCUT2D eigenvalue weighted by Gasteiger charge is 2.22. The zero-order valence-electron chi connectivity index (χ0n) is 13.3. The zero-order chi connectivity index (χ0) is 16.4. The van der Waals surface area contributed by atoms with E-state index in [4.69, 9.17) is 0 Å². The van der Waals surface area contributed by atoms with Crippen molar-refractivity contribution in [2.24, 2.45) is 0 Å². The van der Waals surface area contributed by atoms with Gasteiger partial charge in [0, 0.05) is 5.41 Å². The van der Waals surface area contributed by atoms with E-state index in [0.29, 0.717) is 0 Å². The molecule has 0 atom stereocenters. The fraction of sp³-hybridized carbons (Fsp3) is 0.143. The van der Waals surface area contributed by atoms with E-state index >= 15 is 0 Å². The quantitative estimate of drug-likeness (QED) is 0.541. The molecular weight excluding hydrogens is 284 g/mol. The van der Waals surface area contributed by atoms with Crippen LogP contribution < -0.4 is 0 Å². The summed E-state index contributed by atoms with van der Waals surface area (Å²) in [6, 6.07) is 22.9. The summed E-state index contributed by atoms with van der Waals surface area (Å²) < 4.78 is 0. The van der Waals surface area contributed by atoms with Crippen LogP contribution in [0.25, 0.3) is 11.1 Å². The van der Waals surface area contributed by atoms with Crippen molar-refractivity contribution in [3.63, 3.8) is 0 Å². The Bertz CT molecular complexity index is 735. The van der Waals surface area contributed by atoms with Crippen molar-refractivity contribution in [1.29, 1.82) is 0 Å². The van der Waals surface area contributed by atoms with Crippen LogP contribution in [0.1, 0.15) is 25.0 Å². The Balaban J connectivity index is 0.000000213. The van der Waals surface area contributed by atoms with E-state index < -0.39 is 0 Å². The van der Waals surface area contributed by atoms with Crippen LogP contribution in [0.2, 0.25) is 0 Å². The van der Waals surface area contributed by atoms with Crippen LogP contribution in [0.5, 0.6) is 11.5 Å². The Hall–Kier alpha value is -2.74. The van der Waals surface area contributed by atoms with E-state index in [9.17, 15) is 10.2 Å². The number of aromatic hydroxyl groups is 2. The summed E-state index contributed by atoms with van der Waals surface area (Å²) in [5, 5.41) is 18.6. The number of hydrogen-bond donors (Lipinski definition) is 2. The molecule has 2 heteroatoms. The maximum Gasteiger partial charge on any atom is 0.115 e. The fourth-order valence-electron chi connectivity index (χ4n) is 2.60. The van der Waals surface area contributed by atoms with Crippen LogP contribution in [-0.2, 0) is 5.41 Å². The Labute approximate surface area is 136 Å². The summed E-state index contributed by atoms with van der Waals surface area (Å²) in [6.07, 6.45) is 0. The van der Waals surface area contributed by atoms with Crippen LogP contribution in [0.3, 0.4) is 0 Å². The minimum Gasteiger partial charge on any atom is -0.508 e. The number of hydrogen-bond acceptors (Lipinski definition) is 2. The molecule has 0 fully saturated rings. The molecule has 0 spiro atoms. The van der Waals surface area contributed by atoms with E-state index in [-0.39, 0.29) is 16.9 Å². The summed E-state index contributed by atoms with van der Waals surface area (Å²) in [6.45, 7) is 4.23. The SMILES string of the molecule is CC(C)(c1ccc(O)cc1)c1ccc(O)cc1.c1cc2cc-2c1. The Morgan fingerprint density at radius 2 is 1.00 bits per heavy atom. The van der Waals surface area contributed by atoms with Gasteiger partial charge in [-0.15, -0.1) is 0 Å². The van der Waals surface area contributed by atoms with E-state index in [1.165, 1.54) is 11.1 Å². The molecule has 0 heterocycles. The van der Waals surface area contributed by atoms with Crippen LogP contribution in [0.15, 0.2) is 72.8 Å². The lowest BCUT2D eigenvalue weighted by molar-refractivity contribution is 0.474. The minimum absolute atomic E-state index is 0.151. The average Bonchev–Trinajstić information content (AvgIpc) is 3.14. The molecule has 2 aliphatic carbocycles. The Morgan fingerprint density at radius 1 is 0.609 bits per heavy atom. The molecule has 0 amide bonds. The highest BCUT2D eigenvalue weighted by molar-refractivity contribution is 5.80. The van der Waals surface area contributed by atoms with Gasteiger partial charge < -0.3 is 10.2 Å². The molecule has 0 saturated heterocycles. The molecule has 0 radical (unpaired) electrons. The number of fused-ring (bicyclic) bond motifs is 1. The van der Waals surface area contributed by atoms with Crippen molar-refractivity contribution in [2.75, 3.05) is 0 Å². The largest absolute Gasteiger partial charge is 0.508 e. The smallest absolute Gasteiger partial charge is 0.115 e. The third-order valence-electron chi connectivity index (χ3n) is 4.29. The van der Waals surface area contributed by atoms with Gasteiger partial charge in [-0.2, -0.15) is 0 Å². The maximum absolute atomic E-state index is 9.30. The van der Waals surface area contributed by atoms with Gasteiger partial charge in [-0.1, -0.05) is 56.3 Å². The average molecular weight is 304 g/mol. The molecule has 23 heavy (non-hydrogen) atoms. The van der Waals surface area contributed by atoms with Gasteiger partial charge >= 0.3 is 0 Å². The first kappa shape index (κ1) is 15.2. The van der Waals surface area contributed by atoms with Gasteiger partial charge in [0.1, 0.15) is 11.5 Å². The van der Waals surface area contributed by atoms with E-state index in [2.05, 4.69) is 38.1 Å². The molecule has 0 aromatic heterocycles. The second kappa shape index (κ2) is 5.81. The first-order valence-electron chi connectivity index (χ1n) is 7.66. The molecule has 2 N–H and O–H groups in total. The summed E-state index contributed by atoms with van der Waals surface area (Å²) in [4.78, 5) is 0. The molecule has 2 aliphatic rings. The lowest BCUT2D eigenvalue weighted by Gasteiger charge is -2.26. The molecule has 0 unspecified atom stereocenters. The molecule has 2 aromatic rings. The third kappa shape index (κ3) is 3.37. The summed E-state index contributed by atoms with van der Waals surface area (Å²) >= 11 is 0.